The van der Waals surface area contributed by atoms with Gasteiger partial charge in [0.05, 0.1) is 7.11 Å². The van der Waals surface area contributed by atoms with Crippen LogP contribution < -0.4 is 0 Å². The lowest BCUT2D eigenvalue weighted by Gasteiger charge is -2.30. The molecule has 2 saturated heterocycles. The zero-order chi connectivity index (χ0) is 20.6. The molecule has 2 N–H and O–H groups in total. The molecule has 0 amide bonds. The number of carbonyl (C=O) groups excluding carboxylic acids is 2. The molecule has 2 heterocycles. The highest BCUT2D eigenvalue weighted by Crippen LogP contribution is 2.61. The first kappa shape index (κ1) is 23.0. The van der Waals surface area contributed by atoms with Gasteiger partial charge in [-0.05, 0) is 6.92 Å². The van der Waals surface area contributed by atoms with Gasteiger partial charge in [-0.2, -0.15) is 0 Å². The van der Waals surface area contributed by atoms with Crippen LogP contribution in [0.4, 0.5) is 0 Å². The number of ketones is 1. The van der Waals surface area contributed by atoms with E-state index < -0.39 is 68.3 Å². The minimum absolute atomic E-state index is 0.853. The van der Waals surface area contributed by atoms with Gasteiger partial charge in [-0.15, -0.1) is 0 Å². The maximum Gasteiger partial charge on any atom is 0.480 e. The minimum atomic E-state index is -5.11. The zero-order valence-corrected chi connectivity index (χ0v) is 17.2. The molecule has 2 fully saturated rings. The Hall–Kier alpha value is -0.260. The second-order valence-corrected chi connectivity index (χ2v) is 10.2. The van der Waals surface area contributed by atoms with Crippen LogP contribution in [0.3, 0.4) is 0 Å². The summed E-state index contributed by atoms with van der Waals surface area (Å²) in [4.78, 5) is 42.8. The molecule has 27 heavy (non-hydrogen) atoms. The van der Waals surface area contributed by atoms with E-state index in [1.165, 1.54) is 0 Å². The summed E-state index contributed by atoms with van der Waals surface area (Å²) < 4.78 is 78.4. The maximum atomic E-state index is 12.0. The van der Waals surface area contributed by atoms with Crippen molar-refractivity contribution in [2.45, 2.75) is 31.3 Å². The van der Waals surface area contributed by atoms with Gasteiger partial charge in [-0.25, -0.2) is 22.5 Å². The normalized spacial score (nSPS) is 46.1. The molecule has 4 unspecified atom stereocenters. The number of rotatable bonds is 3. The van der Waals surface area contributed by atoms with Gasteiger partial charge in [0.1, 0.15) is 12.2 Å². The largest absolute Gasteiger partial charge is 0.480 e. The van der Waals surface area contributed by atoms with E-state index in [0.717, 1.165) is 14.0 Å². The molecule has 2 aliphatic rings. The van der Waals surface area contributed by atoms with Crippen molar-refractivity contribution in [2.75, 3.05) is 7.11 Å². The van der Waals surface area contributed by atoms with Crippen molar-refractivity contribution in [1.29, 1.82) is 0 Å². The lowest BCUT2D eigenvalue weighted by Crippen LogP contribution is -2.51. The number of carbonyl (C=O) groups is 2. The lowest BCUT2D eigenvalue weighted by molar-refractivity contribution is -0.160. The second kappa shape index (κ2) is 8.62. The fourth-order valence-corrected chi connectivity index (χ4v) is 6.32. The van der Waals surface area contributed by atoms with Crippen molar-refractivity contribution in [3.8, 4) is 0 Å². The average molecular weight is 474 g/mol. The number of phosphoric ester groups is 2. The highest BCUT2D eigenvalue weighted by Gasteiger charge is 2.54. The Morgan fingerprint density at radius 2 is 1.44 bits per heavy atom. The predicted molar refractivity (Wildman–Crippen MR) is 82.0 cm³/mol. The number of esters is 1. The molecule has 19 heteroatoms. The standard InChI is InChI=1S/C8H14O15P4/c1-3(9)4-6(20-26(13,14)22-24(11)18-4)5-7(8(10)17-2)21-27(15,16)23-25(12)19-5/h4-7,24-25H,1-2H3,(H,13,14)(H,15,16)/t4-,5+,6+,7-/m0/s1. The molecular formula is C8H14O15P4. The van der Waals surface area contributed by atoms with E-state index in [-0.39, 0.29) is 0 Å². The summed E-state index contributed by atoms with van der Waals surface area (Å²) in [6, 6.07) is 0. The van der Waals surface area contributed by atoms with Crippen LogP contribution in [-0.2, 0) is 59.3 Å². The van der Waals surface area contributed by atoms with Gasteiger partial charge in [-0.3, -0.25) is 27.5 Å². The molecule has 15 nitrogen and oxygen atoms in total. The van der Waals surface area contributed by atoms with Gasteiger partial charge in [0.25, 0.3) is 0 Å². The highest BCUT2D eigenvalue weighted by atomic mass is 31.2. The smallest absolute Gasteiger partial charge is 0.467 e. The molecule has 0 radical (unpaired) electrons. The third kappa shape index (κ3) is 5.86. The number of methoxy groups -OCH3 is 1. The quantitative estimate of drug-likeness (QED) is 0.417. The van der Waals surface area contributed by atoms with Crippen molar-refractivity contribution in [3.05, 3.63) is 0 Å². The van der Waals surface area contributed by atoms with Crippen LogP contribution >= 0.6 is 32.2 Å². The molecule has 0 aliphatic carbocycles. The van der Waals surface area contributed by atoms with Crippen LogP contribution in [-0.4, -0.2) is 53.1 Å². The molecule has 0 aromatic carbocycles. The molecule has 0 saturated carbocycles. The Morgan fingerprint density at radius 1 is 0.926 bits per heavy atom. The van der Waals surface area contributed by atoms with E-state index in [1.54, 1.807) is 0 Å². The summed E-state index contributed by atoms with van der Waals surface area (Å²) in [5, 5.41) is 0. The molecular weight excluding hydrogens is 460 g/mol. The van der Waals surface area contributed by atoms with Crippen molar-refractivity contribution >= 4 is 43.9 Å². The van der Waals surface area contributed by atoms with E-state index in [2.05, 4.69) is 22.4 Å². The van der Waals surface area contributed by atoms with Gasteiger partial charge in [-0.1, -0.05) is 0 Å². The van der Waals surface area contributed by atoms with Crippen molar-refractivity contribution < 1.29 is 69.1 Å². The number of hydrogen-bond acceptors (Lipinski definition) is 13. The Bertz CT molecular complexity index is 763. The zero-order valence-electron chi connectivity index (χ0n) is 13.4. The number of phosphoric acid groups is 2. The Kier molecular flexibility index (Phi) is 7.35. The summed E-state index contributed by atoms with van der Waals surface area (Å²) in [7, 11) is -16.9. The fraction of sp³-hybridized carbons (Fsp3) is 0.750. The minimum Gasteiger partial charge on any atom is -0.467 e. The van der Waals surface area contributed by atoms with Gasteiger partial charge in [0, 0.05) is 0 Å². The molecule has 0 spiro atoms. The topological polar surface area (TPSA) is 207 Å². The molecule has 8 atom stereocenters. The van der Waals surface area contributed by atoms with Gasteiger partial charge >= 0.3 is 38.1 Å². The van der Waals surface area contributed by atoms with Crippen LogP contribution in [0.2, 0.25) is 0 Å². The van der Waals surface area contributed by atoms with E-state index in [1.807, 2.05) is 0 Å². The monoisotopic (exact) mass is 474 g/mol. The van der Waals surface area contributed by atoms with Gasteiger partial charge in [0.2, 0.25) is 0 Å². The van der Waals surface area contributed by atoms with E-state index in [9.17, 15) is 37.6 Å². The Labute approximate surface area is 152 Å². The van der Waals surface area contributed by atoms with E-state index in [0.29, 0.717) is 0 Å². The first-order chi connectivity index (χ1) is 12.3. The van der Waals surface area contributed by atoms with Crippen molar-refractivity contribution in [2.24, 2.45) is 0 Å². The summed E-state index contributed by atoms with van der Waals surface area (Å²) >= 11 is 0. The van der Waals surface area contributed by atoms with Crippen LogP contribution in [0, 0.1) is 0 Å². The van der Waals surface area contributed by atoms with Crippen LogP contribution in [0.1, 0.15) is 6.92 Å². The third-order valence-electron chi connectivity index (χ3n) is 3.09. The highest BCUT2D eigenvalue weighted by molar-refractivity contribution is 7.56. The average Bonchev–Trinajstić information content (AvgIpc) is 2.71. The first-order valence-electron chi connectivity index (χ1n) is 6.76. The summed E-state index contributed by atoms with van der Waals surface area (Å²) in [5.41, 5.74) is 0. The van der Waals surface area contributed by atoms with E-state index in [4.69, 9.17) is 9.05 Å². The Morgan fingerprint density at radius 3 is 1.96 bits per heavy atom. The summed E-state index contributed by atoms with van der Waals surface area (Å²) in [6.45, 7) is 0.908. The fourth-order valence-electron chi connectivity index (χ4n) is 2.11. The Balaban J connectivity index is 2.54. The second-order valence-electron chi connectivity index (χ2n) is 4.97. The molecule has 2 rings (SSSR count). The predicted octanol–water partition coefficient (Wildman–Crippen LogP) is 0.330. The number of hydrogen-bond donors (Lipinski definition) is 2. The number of ether oxygens (including phenoxy) is 1. The van der Waals surface area contributed by atoms with Crippen LogP contribution in [0.15, 0.2) is 0 Å². The SMILES string of the molecule is COC(=O)[C@H]1OP(=O)(O)O[PH](=O)O[C@@H]1[C@@H]1OP(=O)(O)O[PH](=O)O[C@H]1C(C)=O. The lowest BCUT2D eigenvalue weighted by atomic mass is 10.0. The van der Waals surface area contributed by atoms with Gasteiger partial charge < -0.3 is 19.0 Å². The van der Waals surface area contributed by atoms with Crippen molar-refractivity contribution in [1.82, 2.24) is 0 Å². The van der Waals surface area contributed by atoms with Crippen LogP contribution in [0.25, 0.3) is 0 Å². The first-order valence-corrected chi connectivity index (χ1v) is 12.2. The third-order valence-corrected chi connectivity index (χ3v) is 8.04. The molecule has 0 aromatic heterocycles. The number of Topliss-reactive ketones (excluding diaryl/α,β-unsaturated/α-hetero) is 1. The molecule has 0 bridgehead atoms. The van der Waals surface area contributed by atoms with Crippen molar-refractivity contribution in [3.63, 3.8) is 0 Å². The molecule has 156 valence electrons. The maximum absolute atomic E-state index is 12.0. The summed E-state index contributed by atoms with van der Waals surface area (Å²) in [6.07, 6.45) is -8.31. The van der Waals surface area contributed by atoms with E-state index >= 15 is 0 Å². The summed E-state index contributed by atoms with van der Waals surface area (Å²) in [5.74, 6) is -2.29. The van der Waals surface area contributed by atoms with Crippen LogP contribution in [0.5, 0.6) is 0 Å². The molecule has 2 aliphatic heterocycles. The van der Waals surface area contributed by atoms with Gasteiger partial charge in [0.15, 0.2) is 18.0 Å². The molecule has 0 aromatic rings.